The van der Waals surface area contributed by atoms with Crippen molar-refractivity contribution in [2.45, 2.75) is 213 Å². The van der Waals surface area contributed by atoms with Crippen LogP contribution in [0.4, 0.5) is 0 Å². The van der Waals surface area contributed by atoms with Gasteiger partial charge in [-0.15, -0.1) is 0 Å². The third-order valence-corrected chi connectivity index (χ3v) is 11.7. The second-order valence-corrected chi connectivity index (χ2v) is 18.7. The average Bonchev–Trinajstić information content (AvgIpc) is 3.35. The first kappa shape index (κ1) is 66.1. The van der Waals surface area contributed by atoms with E-state index in [0.717, 1.165) is 96.3 Å². The smallest absolute Gasteiger partial charge is 0.462 e. The van der Waals surface area contributed by atoms with Gasteiger partial charge in [0.1, 0.15) is 12.7 Å². The molecule has 3 unspecified atom stereocenters. The maximum atomic E-state index is 12.8. The molecule has 0 radical (unpaired) electrons. The molecular formula is C58H95O11P. The van der Waals surface area contributed by atoms with E-state index in [1.54, 1.807) is 0 Å². The van der Waals surface area contributed by atoms with E-state index in [1.807, 2.05) is 12.2 Å². The van der Waals surface area contributed by atoms with Crippen molar-refractivity contribution in [3.05, 3.63) is 109 Å². The van der Waals surface area contributed by atoms with Gasteiger partial charge in [0.2, 0.25) is 0 Å². The van der Waals surface area contributed by atoms with E-state index >= 15 is 0 Å². The molecule has 0 spiro atoms. The van der Waals surface area contributed by atoms with Crippen molar-refractivity contribution in [1.82, 2.24) is 0 Å². The summed E-state index contributed by atoms with van der Waals surface area (Å²) in [4.78, 5) is 48.3. The summed E-state index contributed by atoms with van der Waals surface area (Å²) in [6.07, 6.45) is 60.8. The van der Waals surface area contributed by atoms with Gasteiger partial charge in [-0.3, -0.25) is 23.4 Å². The third-order valence-electron chi connectivity index (χ3n) is 10.7. The number of rotatable bonds is 48. The van der Waals surface area contributed by atoms with Crippen molar-refractivity contribution in [1.29, 1.82) is 0 Å². The van der Waals surface area contributed by atoms with Gasteiger partial charge < -0.3 is 24.2 Å². The van der Waals surface area contributed by atoms with E-state index in [4.69, 9.17) is 23.3 Å². The predicted octanol–water partition coefficient (Wildman–Crippen LogP) is 15.5. The fourth-order valence-corrected chi connectivity index (χ4v) is 7.47. The van der Waals surface area contributed by atoms with E-state index < -0.39 is 57.8 Å². The fourth-order valence-electron chi connectivity index (χ4n) is 6.69. The van der Waals surface area contributed by atoms with E-state index in [9.17, 15) is 28.9 Å². The molecule has 398 valence electrons. The number of phosphoric acid groups is 1. The van der Waals surface area contributed by atoms with E-state index in [2.05, 4.69) is 118 Å². The number of aliphatic hydroxyl groups excluding tert-OH is 1. The van der Waals surface area contributed by atoms with E-state index in [-0.39, 0.29) is 25.9 Å². The van der Waals surface area contributed by atoms with Crippen LogP contribution in [0.1, 0.15) is 201 Å². The second kappa shape index (κ2) is 51.5. The summed E-state index contributed by atoms with van der Waals surface area (Å²) in [6, 6.07) is 0. The summed E-state index contributed by atoms with van der Waals surface area (Å²) in [6.45, 7) is 4.26. The van der Waals surface area contributed by atoms with E-state index in [1.165, 1.54) is 44.9 Å². The van der Waals surface area contributed by atoms with Crippen molar-refractivity contribution in [3.8, 4) is 0 Å². The zero-order valence-corrected chi connectivity index (χ0v) is 44.6. The molecule has 0 aromatic heterocycles. The molecule has 0 aliphatic heterocycles. The van der Waals surface area contributed by atoms with Gasteiger partial charge in [-0.2, -0.15) is 0 Å². The molecule has 0 aliphatic carbocycles. The van der Waals surface area contributed by atoms with Crippen molar-refractivity contribution in [2.75, 3.05) is 26.4 Å². The lowest BCUT2D eigenvalue weighted by Gasteiger charge is -2.21. The first-order chi connectivity index (χ1) is 34.2. The number of unbranched alkanes of at least 4 members (excludes halogenated alkanes) is 13. The largest absolute Gasteiger partial charge is 0.472 e. The monoisotopic (exact) mass is 999 g/mol. The number of aliphatic hydroxyl groups is 1. The Balaban J connectivity index is 4.86. The van der Waals surface area contributed by atoms with Crippen molar-refractivity contribution in [2.24, 2.45) is 0 Å². The first-order valence-corrected chi connectivity index (χ1v) is 28.3. The first-order valence-electron chi connectivity index (χ1n) is 26.8. The van der Waals surface area contributed by atoms with Gasteiger partial charge >= 0.3 is 25.7 Å². The lowest BCUT2D eigenvalue weighted by atomic mass is 10.1. The number of carbonyl (C=O) groups is 3. The lowest BCUT2D eigenvalue weighted by Crippen LogP contribution is -2.30. The van der Waals surface area contributed by atoms with Gasteiger partial charge in [0.15, 0.2) is 6.10 Å². The van der Waals surface area contributed by atoms with Gasteiger partial charge in [0.25, 0.3) is 0 Å². The fraction of sp³-hybridized carbons (Fsp3) is 0.638. The van der Waals surface area contributed by atoms with Crippen LogP contribution < -0.4 is 0 Å². The molecule has 0 bridgehead atoms. The summed E-state index contributed by atoms with van der Waals surface area (Å²) < 4.78 is 39.2. The number of hydrogen-bond acceptors (Lipinski definition) is 10. The molecule has 0 rings (SSSR count). The Morgan fingerprint density at radius 2 is 0.771 bits per heavy atom. The minimum absolute atomic E-state index is 0.0343. The minimum atomic E-state index is -4.77. The number of esters is 3. The molecule has 12 heteroatoms. The highest BCUT2D eigenvalue weighted by Crippen LogP contribution is 2.43. The molecule has 3 atom stereocenters. The second-order valence-electron chi connectivity index (χ2n) is 17.3. The number of carbonyl (C=O) groups excluding carboxylic acids is 3. The molecule has 0 aliphatic rings. The molecule has 70 heavy (non-hydrogen) atoms. The van der Waals surface area contributed by atoms with Crippen LogP contribution in [0.5, 0.6) is 0 Å². The highest BCUT2D eigenvalue weighted by molar-refractivity contribution is 7.47. The zero-order chi connectivity index (χ0) is 51.3. The van der Waals surface area contributed by atoms with Gasteiger partial charge in [-0.1, -0.05) is 201 Å². The Hall–Kier alpha value is -3.86. The zero-order valence-electron chi connectivity index (χ0n) is 43.7. The topological polar surface area (TPSA) is 155 Å². The Morgan fingerprint density at radius 1 is 0.414 bits per heavy atom. The Morgan fingerprint density at radius 3 is 1.23 bits per heavy atom. The SMILES string of the molecule is CC/C=C\C/C=C\C/C=C\C/C=C\C/C=C\CCCCCC(=O)OCC(COP(=O)(O)OCC(CO)OC(=O)CCCCCCCCCCCCC)OC(=O)CC/C=C\C/C=C\C/C=C\C/C=C\CC. The molecule has 0 amide bonds. The van der Waals surface area contributed by atoms with Crippen LogP contribution in [-0.4, -0.2) is 66.5 Å². The third kappa shape index (κ3) is 49.1. The number of ether oxygens (including phenoxy) is 3. The molecular weight excluding hydrogens is 904 g/mol. The van der Waals surface area contributed by atoms with Crippen LogP contribution in [-0.2, 0) is 42.2 Å². The summed E-state index contributed by atoms with van der Waals surface area (Å²) >= 11 is 0. The lowest BCUT2D eigenvalue weighted by molar-refractivity contribution is -0.161. The summed E-state index contributed by atoms with van der Waals surface area (Å²) in [7, 11) is -4.77. The van der Waals surface area contributed by atoms with Crippen LogP contribution in [0.2, 0.25) is 0 Å². The Kier molecular flexibility index (Phi) is 48.7. The van der Waals surface area contributed by atoms with Crippen LogP contribution in [0.15, 0.2) is 109 Å². The summed E-state index contributed by atoms with van der Waals surface area (Å²) in [5.74, 6) is -1.61. The molecule has 0 aromatic rings. The van der Waals surface area contributed by atoms with Crippen molar-refractivity contribution >= 4 is 25.7 Å². The maximum absolute atomic E-state index is 12.8. The van der Waals surface area contributed by atoms with Gasteiger partial charge in [0, 0.05) is 19.3 Å². The van der Waals surface area contributed by atoms with E-state index in [0.29, 0.717) is 19.3 Å². The molecule has 0 fully saturated rings. The van der Waals surface area contributed by atoms with Gasteiger partial charge in [-0.05, 0) is 89.9 Å². The summed E-state index contributed by atoms with van der Waals surface area (Å²) in [5, 5.41) is 9.77. The Labute approximate surface area is 425 Å². The highest BCUT2D eigenvalue weighted by Gasteiger charge is 2.28. The normalized spacial score (nSPS) is 14.3. The Bertz CT molecular complexity index is 1590. The van der Waals surface area contributed by atoms with Crippen LogP contribution in [0.25, 0.3) is 0 Å². The standard InChI is InChI=1S/C58H95O11P/c1-4-7-10-13-16-19-22-24-25-26-27-28-29-31-33-35-38-41-44-47-56(60)65-51-55(69-58(62)49-46-43-40-37-34-30-23-20-17-14-11-8-5-2)53-67-70(63,64)66-52-54(50-59)68-57(61)48-45-42-39-36-32-21-18-15-12-9-6-3/h7-8,10-11,16-17,19-20,24-25,27-28,30-31,33-34,40,43,54-55,59H,4-6,9,12-15,18,21-23,26,29,32,35-39,41-42,44-53H2,1-3H3,(H,63,64)/b10-7-,11-8-,19-16-,20-17-,25-24-,28-27-,33-31-,34-30-,43-40-. The number of phosphoric ester groups is 1. The van der Waals surface area contributed by atoms with Crippen LogP contribution >= 0.6 is 7.82 Å². The maximum Gasteiger partial charge on any atom is 0.472 e. The predicted molar refractivity (Wildman–Crippen MR) is 288 cm³/mol. The van der Waals surface area contributed by atoms with Crippen molar-refractivity contribution < 1.29 is 52.2 Å². The molecule has 11 nitrogen and oxygen atoms in total. The number of allylic oxidation sites excluding steroid dienone is 18. The van der Waals surface area contributed by atoms with Gasteiger partial charge in [0.05, 0.1) is 19.8 Å². The molecule has 0 saturated heterocycles. The van der Waals surface area contributed by atoms with Crippen LogP contribution in [0.3, 0.4) is 0 Å². The molecule has 2 N–H and O–H groups in total. The molecule has 0 saturated carbocycles. The van der Waals surface area contributed by atoms with Gasteiger partial charge in [-0.25, -0.2) is 4.57 Å². The average molecular weight is 999 g/mol. The quantitative estimate of drug-likeness (QED) is 0.0197. The summed E-state index contributed by atoms with van der Waals surface area (Å²) in [5.41, 5.74) is 0. The number of hydrogen-bond donors (Lipinski definition) is 2. The highest BCUT2D eigenvalue weighted by atomic mass is 31.2. The van der Waals surface area contributed by atoms with Crippen molar-refractivity contribution in [3.63, 3.8) is 0 Å². The van der Waals surface area contributed by atoms with Crippen LogP contribution in [0, 0.1) is 0 Å². The molecule has 0 aromatic carbocycles. The minimum Gasteiger partial charge on any atom is -0.462 e. The molecule has 0 heterocycles.